The van der Waals surface area contributed by atoms with E-state index in [1.165, 1.54) is 0 Å². The number of rotatable bonds is 41. The van der Waals surface area contributed by atoms with E-state index in [2.05, 4.69) is 26.2 Å². The summed E-state index contributed by atoms with van der Waals surface area (Å²) in [6, 6.07) is 3.20. The van der Waals surface area contributed by atoms with E-state index in [0.29, 0.717) is 72.1 Å². The maximum atomic E-state index is 14.8. The van der Waals surface area contributed by atoms with E-state index in [9.17, 15) is 9.59 Å². The minimum absolute atomic E-state index is 0.224. The fourth-order valence-corrected chi connectivity index (χ4v) is 19.1. The Balaban J connectivity index is 7.63. The summed E-state index contributed by atoms with van der Waals surface area (Å²) in [6.45, 7) is 29.6. The summed E-state index contributed by atoms with van der Waals surface area (Å²) in [5.41, 5.74) is 11.2. The van der Waals surface area contributed by atoms with Crippen molar-refractivity contribution in [3.63, 3.8) is 0 Å². The van der Waals surface area contributed by atoms with Gasteiger partial charge >= 0.3 is 34.2 Å². The monoisotopic (exact) mass is 897 g/mol. The van der Waals surface area contributed by atoms with Crippen LogP contribution >= 0.6 is 0 Å². The van der Waals surface area contributed by atoms with Crippen LogP contribution in [0.25, 0.3) is 0 Å². The molecule has 0 spiro atoms. The molecule has 0 bridgehead atoms. The number of carbonyl (C=O) groups excluding carboxylic acids is 2. The van der Waals surface area contributed by atoms with E-state index in [4.69, 9.17) is 46.9 Å². The summed E-state index contributed by atoms with van der Waals surface area (Å²) in [5.74, 6) is -0.490. The maximum absolute atomic E-state index is 14.8. The zero-order valence-corrected chi connectivity index (χ0v) is 43.6. The van der Waals surface area contributed by atoms with Crippen LogP contribution in [-0.4, -0.2) is 98.9 Å². The molecule has 0 aromatic rings. The van der Waals surface area contributed by atoms with Gasteiger partial charge in [-0.25, -0.2) is 0 Å². The Labute approximate surface area is 360 Å². The lowest BCUT2D eigenvalue weighted by atomic mass is 9.53. The number of hydrogen-bond acceptors (Lipinski definition) is 10. The summed E-state index contributed by atoms with van der Waals surface area (Å²) in [5, 5.41) is 0. The summed E-state index contributed by atoms with van der Waals surface area (Å²) in [7, 11) is -9.91. The van der Waals surface area contributed by atoms with E-state index >= 15 is 0 Å². The van der Waals surface area contributed by atoms with Crippen molar-refractivity contribution in [2.45, 2.75) is 196 Å². The second-order valence-corrected chi connectivity index (χ2v) is 29.9. The molecule has 346 valence electrons. The number of hydrogen-bond donors (Lipinski definition) is 2. The fraction of sp³-hybridized carbons (Fsp3) is 0.952. The molecule has 0 atom stereocenters. The first-order valence-electron chi connectivity index (χ1n) is 23.1. The molecule has 0 aliphatic carbocycles. The Kier molecular flexibility index (Phi) is 30.3. The van der Waals surface area contributed by atoms with Gasteiger partial charge in [0.15, 0.2) is 0 Å². The molecule has 0 radical (unpaired) electrons. The number of primary amides is 2. The van der Waals surface area contributed by atoms with Gasteiger partial charge in [0.2, 0.25) is 11.8 Å². The van der Waals surface area contributed by atoms with Gasteiger partial charge in [0.25, 0.3) is 0 Å². The first kappa shape index (κ1) is 57.5. The number of carbonyl (C=O) groups is 2. The molecule has 0 rings (SSSR count). The highest BCUT2D eigenvalue weighted by Crippen LogP contribution is 2.57. The molecular weight excluding hydrogens is 805 g/mol. The molecular formula is C42H92N2O10Si4. The van der Waals surface area contributed by atoms with Crippen molar-refractivity contribution in [3.05, 3.63) is 0 Å². The predicted molar refractivity (Wildman–Crippen MR) is 247 cm³/mol. The summed E-state index contributed by atoms with van der Waals surface area (Å²) in [4.78, 5) is 26.4. The molecule has 0 fully saturated rings. The second kappa shape index (κ2) is 30.5. The Bertz CT molecular complexity index is 1010. The zero-order chi connectivity index (χ0) is 44.2. The van der Waals surface area contributed by atoms with E-state index in [0.717, 1.165) is 94.8 Å². The molecule has 0 aromatic carbocycles. The minimum atomic E-state index is -2.49. The Morgan fingerprint density at radius 2 is 0.655 bits per heavy atom. The van der Waals surface area contributed by atoms with E-state index < -0.39 is 45.1 Å². The molecule has 0 heterocycles. The molecule has 0 aliphatic heterocycles. The summed E-state index contributed by atoms with van der Waals surface area (Å²) in [6.07, 6.45) is 10.9. The first-order chi connectivity index (χ1) is 27.4. The average molecular weight is 898 g/mol. The summed E-state index contributed by atoms with van der Waals surface area (Å²) < 4.78 is 50.7. The van der Waals surface area contributed by atoms with Crippen LogP contribution in [0, 0.1) is 10.8 Å². The van der Waals surface area contributed by atoms with Crippen LogP contribution in [-0.2, 0) is 45.0 Å². The van der Waals surface area contributed by atoms with Crippen LogP contribution < -0.4 is 11.5 Å². The van der Waals surface area contributed by atoms with Gasteiger partial charge in [0.05, 0.1) is 5.41 Å². The van der Waals surface area contributed by atoms with Crippen LogP contribution in [0.4, 0.5) is 0 Å². The van der Waals surface area contributed by atoms with Gasteiger partial charge in [0.1, 0.15) is 0 Å². The largest absolute Gasteiger partial charge is 0.395 e. The van der Waals surface area contributed by atoms with Crippen molar-refractivity contribution in [2.75, 3.05) is 52.9 Å². The Hall–Kier alpha value is -0.512. The van der Waals surface area contributed by atoms with Crippen molar-refractivity contribution in [1.82, 2.24) is 0 Å². The van der Waals surface area contributed by atoms with Crippen molar-refractivity contribution in [1.29, 1.82) is 0 Å². The lowest BCUT2D eigenvalue weighted by Gasteiger charge is -2.51. The third-order valence-electron chi connectivity index (χ3n) is 12.0. The Morgan fingerprint density at radius 3 is 0.914 bits per heavy atom. The van der Waals surface area contributed by atoms with Crippen molar-refractivity contribution < 1.29 is 45.0 Å². The SMILES string of the molecule is CCO[Si](C)(CCCC(CCCCCCC(N)=O)(CCC[Si](C)(OCC)OCC)C(CCC[Si](C)(OCC)OCC)(CCC[Si](C)(OCC)OCC)C(N)=O)OCC. The predicted octanol–water partition coefficient (Wildman–Crippen LogP) is 9.97. The van der Waals surface area contributed by atoms with Crippen LogP contribution in [0.1, 0.15) is 145 Å². The van der Waals surface area contributed by atoms with Crippen LogP contribution in [0.2, 0.25) is 50.4 Å². The average Bonchev–Trinajstić information content (AvgIpc) is 3.12. The lowest BCUT2D eigenvalue weighted by molar-refractivity contribution is -0.141. The highest BCUT2D eigenvalue weighted by molar-refractivity contribution is 6.67. The van der Waals surface area contributed by atoms with Gasteiger partial charge in [0, 0.05) is 59.3 Å². The van der Waals surface area contributed by atoms with Gasteiger partial charge < -0.3 is 46.9 Å². The second-order valence-electron chi connectivity index (χ2n) is 16.5. The van der Waals surface area contributed by atoms with Crippen molar-refractivity contribution >= 4 is 46.1 Å². The van der Waals surface area contributed by atoms with Gasteiger partial charge in [-0.05, 0) is 150 Å². The van der Waals surface area contributed by atoms with Crippen LogP contribution in [0.3, 0.4) is 0 Å². The molecule has 12 nitrogen and oxygen atoms in total. The van der Waals surface area contributed by atoms with Crippen LogP contribution in [0.5, 0.6) is 0 Å². The van der Waals surface area contributed by atoms with E-state index in [1.807, 2.05) is 55.4 Å². The third-order valence-corrected chi connectivity index (χ3v) is 24.2. The third kappa shape index (κ3) is 21.0. The van der Waals surface area contributed by atoms with E-state index in [-0.39, 0.29) is 11.8 Å². The zero-order valence-electron chi connectivity index (χ0n) is 39.6. The molecule has 16 heteroatoms. The molecule has 0 saturated carbocycles. The number of amides is 2. The van der Waals surface area contributed by atoms with Crippen molar-refractivity contribution in [3.8, 4) is 0 Å². The quantitative estimate of drug-likeness (QED) is 0.0447. The molecule has 0 saturated heterocycles. The smallest absolute Gasteiger partial charge is 0.334 e. The number of unbranched alkanes of at least 4 members (excludes halogenated alkanes) is 3. The van der Waals surface area contributed by atoms with Gasteiger partial charge in [-0.15, -0.1) is 0 Å². The highest BCUT2D eigenvalue weighted by atomic mass is 28.4. The maximum Gasteiger partial charge on any atom is 0.334 e. The molecule has 0 aliphatic rings. The molecule has 58 heavy (non-hydrogen) atoms. The first-order valence-corrected chi connectivity index (χ1v) is 33.2. The van der Waals surface area contributed by atoms with Crippen LogP contribution in [0.15, 0.2) is 0 Å². The highest BCUT2D eigenvalue weighted by Gasteiger charge is 2.54. The van der Waals surface area contributed by atoms with Gasteiger partial charge in [-0.2, -0.15) is 0 Å². The van der Waals surface area contributed by atoms with E-state index in [1.54, 1.807) is 0 Å². The van der Waals surface area contributed by atoms with Crippen molar-refractivity contribution in [2.24, 2.45) is 22.3 Å². The Morgan fingerprint density at radius 1 is 0.397 bits per heavy atom. The number of nitrogens with two attached hydrogens (primary N) is 2. The molecule has 0 unspecified atom stereocenters. The standard InChI is InChI=1S/C42H92N2O10Si4/c1-13-47-55(9,48-14-2)35-25-31-41(30-24-22-21-23-29-39(43)45,32-26-36-56(10,49-15-3)50-16-4)42(40(44)46,33-27-37-57(11,51-17-5)52-18-6)34-28-38-58(12,53-19-7)54-20-8/h13-38H2,1-12H3,(H2,43,45)(H2,44,46). The topological polar surface area (TPSA) is 160 Å². The lowest BCUT2D eigenvalue weighted by Crippen LogP contribution is -2.52. The van der Waals surface area contributed by atoms with Gasteiger partial charge in [-0.1, -0.05) is 44.9 Å². The minimum Gasteiger partial charge on any atom is -0.395 e. The molecule has 2 amide bonds. The van der Waals surface area contributed by atoms with Gasteiger partial charge in [-0.3, -0.25) is 9.59 Å². The fourth-order valence-electron chi connectivity index (χ4n) is 9.48. The molecule has 0 aromatic heterocycles. The normalized spacial score (nSPS) is 13.4. The molecule has 4 N–H and O–H groups in total. The summed E-state index contributed by atoms with van der Waals surface area (Å²) >= 11 is 0.